The van der Waals surface area contributed by atoms with E-state index in [1.54, 1.807) is 36.7 Å². The van der Waals surface area contributed by atoms with Crippen LogP contribution < -0.4 is 4.74 Å². The van der Waals surface area contributed by atoms with E-state index in [1.165, 1.54) is 6.07 Å². The van der Waals surface area contributed by atoms with Gasteiger partial charge in [0, 0.05) is 18.0 Å². The van der Waals surface area contributed by atoms with E-state index in [-0.39, 0.29) is 18.5 Å². The molecule has 0 aliphatic heterocycles. The maximum atomic E-state index is 14.4. The Labute approximate surface area is 167 Å². The average molecular weight is 393 g/mol. The largest absolute Gasteiger partial charge is 0.480 e. The zero-order valence-electron chi connectivity index (χ0n) is 15.6. The molecule has 1 aliphatic rings. The van der Waals surface area contributed by atoms with Gasteiger partial charge in [-0.1, -0.05) is 24.3 Å². The summed E-state index contributed by atoms with van der Waals surface area (Å²) in [5.41, 5.74) is 2.39. The fourth-order valence-electron chi connectivity index (χ4n) is 3.43. The fourth-order valence-corrected chi connectivity index (χ4v) is 3.43. The van der Waals surface area contributed by atoms with Crippen LogP contribution in [0.2, 0.25) is 0 Å². The van der Waals surface area contributed by atoms with Gasteiger partial charge in [0.05, 0.1) is 6.10 Å². The summed E-state index contributed by atoms with van der Waals surface area (Å²) >= 11 is 0. The lowest BCUT2D eigenvalue weighted by Crippen LogP contribution is -2.31. The average Bonchev–Trinajstić information content (AvgIpc) is 2.69. The van der Waals surface area contributed by atoms with Crippen molar-refractivity contribution in [2.24, 2.45) is 0 Å². The van der Waals surface area contributed by atoms with Gasteiger partial charge in [0.1, 0.15) is 23.9 Å². The maximum Gasteiger partial charge on any atom is 0.329 e. The van der Waals surface area contributed by atoms with Crippen LogP contribution in [0.1, 0.15) is 24.3 Å². The molecule has 0 saturated heterocycles. The minimum Gasteiger partial charge on any atom is -0.480 e. The van der Waals surface area contributed by atoms with Crippen LogP contribution in [-0.4, -0.2) is 28.8 Å². The van der Waals surface area contributed by atoms with E-state index in [2.05, 4.69) is 4.98 Å². The van der Waals surface area contributed by atoms with Crippen molar-refractivity contribution in [3.63, 3.8) is 0 Å². The second-order valence-corrected chi connectivity index (χ2v) is 7.04. The van der Waals surface area contributed by atoms with Crippen LogP contribution in [0.25, 0.3) is 11.1 Å². The summed E-state index contributed by atoms with van der Waals surface area (Å²) in [6, 6.07) is 15.9. The highest BCUT2D eigenvalue weighted by Gasteiger charge is 2.31. The molecule has 1 saturated carbocycles. The van der Waals surface area contributed by atoms with E-state index < -0.39 is 5.97 Å². The van der Waals surface area contributed by atoms with Crippen molar-refractivity contribution in [3.05, 3.63) is 78.4 Å². The predicted molar refractivity (Wildman–Crippen MR) is 105 cm³/mol. The summed E-state index contributed by atoms with van der Waals surface area (Å²) in [4.78, 5) is 14.5. The van der Waals surface area contributed by atoms with Crippen molar-refractivity contribution in [3.8, 4) is 22.6 Å². The van der Waals surface area contributed by atoms with Crippen LogP contribution in [0.3, 0.4) is 0 Å². The van der Waals surface area contributed by atoms with Gasteiger partial charge in [0.25, 0.3) is 0 Å². The van der Waals surface area contributed by atoms with Gasteiger partial charge in [0.2, 0.25) is 0 Å². The standard InChI is InChI=1S/C23H20FNO4/c24-22-6-5-19(29-18-7-9-25-10-8-18)13-21(22)16-3-1-15(2-4-16)17-11-20(12-17)28-14-23(26)27/h1-10,13,17,20H,11-12,14H2,(H,26,27)/t17-,20+. The lowest BCUT2D eigenvalue weighted by Gasteiger charge is -2.35. The first kappa shape index (κ1) is 19.1. The summed E-state index contributed by atoms with van der Waals surface area (Å²) in [6.07, 6.45) is 4.87. The molecule has 29 heavy (non-hydrogen) atoms. The second-order valence-electron chi connectivity index (χ2n) is 7.04. The third kappa shape index (κ3) is 4.60. The zero-order chi connectivity index (χ0) is 20.2. The molecule has 1 aromatic heterocycles. The Morgan fingerprint density at radius 2 is 1.76 bits per heavy atom. The molecule has 0 amide bonds. The number of carbonyl (C=O) groups is 1. The third-order valence-corrected chi connectivity index (χ3v) is 5.05. The Morgan fingerprint density at radius 1 is 1.03 bits per heavy atom. The number of hydrogen-bond donors (Lipinski definition) is 1. The molecule has 1 N–H and O–H groups in total. The van der Waals surface area contributed by atoms with Gasteiger partial charge in [-0.3, -0.25) is 4.98 Å². The second kappa shape index (κ2) is 8.41. The van der Waals surface area contributed by atoms with E-state index in [0.29, 0.717) is 23.0 Å². The number of aromatic nitrogens is 1. The maximum absolute atomic E-state index is 14.4. The van der Waals surface area contributed by atoms with Gasteiger partial charge < -0.3 is 14.6 Å². The first-order valence-corrected chi connectivity index (χ1v) is 9.39. The van der Waals surface area contributed by atoms with E-state index in [9.17, 15) is 9.18 Å². The molecule has 0 unspecified atom stereocenters. The van der Waals surface area contributed by atoms with Crippen LogP contribution in [-0.2, 0) is 9.53 Å². The Kier molecular flexibility index (Phi) is 5.53. The summed E-state index contributed by atoms with van der Waals surface area (Å²) in [5.74, 6) is 0.265. The van der Waals surface area contributed by atoms with Crippen molar-refractivity contribution in [1.82, 2.24) is 4.98 Å². The van der Waals surface area contributed by atoms with Gasteiger partial charge >= 0.3 is 5.97 Å². The number of pyridine rings is 1. The molecular weight excluding hydrogens is 373 g/mol. The van der Waals surface area contributed by atoms with Gasteiger partial charge in [-0.15, -0.1) is 0 Å². The molecule has 1 fully saturated rings. The molecule has 0 spiro atoms. The van der Waals surface area contributed by atoms with Crippen LogP contribution >= 0.6 is 0 Å². The monoisotopic (exact) mass is 393 g/mol. The van der Waals surface area contributed by atoms with E-state index >= 15 is 0 Å². The molecule has 4 rings (SSSR count). The van der Waals surface area contributed by atoms with Crippen LogP contribution in [0, 0.1) is 5.82 Å². The molecule has 2 aromatic carbocycles. The van der Waals surface area contributed by atoms with Gasteiger partial charge in [-0.2, -0.15) is 0 Å². The van der Waals surface area contributed by atoms with Crippen LogP contribution in [0.15, 0.2) is 67.0 Å². The summed E-state index contributed by atoms with van der Waals surface area (Å²) in [6.45, 7) is -0.256. The lowest BCUT2D eigenvalue weighted by atomic mass is 9.77. The van der Waals surface area contributed by atoms with E-state index in [4.69, 9.17) is 14.6 Å². The third-order valence-electron chi connectivity index (χ3n) is 5.05. The van der Waals surface area contributed by atoms with Gasteiger partial charge in [0.15, 0.2) is 0 Å². The zero-order valence-corrected chi connectivity index (χ0v) is 15.6. The Hall–Kier alpha value is -3.25. The highest BCUT2D eigenvalue weighted by atomic mass is 19.1. The number of hydrogen-bond acceptors (Lipinski definition) is 4. The molecule has 1 aliphatic carbocycles. The smallest absolute Gasteiger partial charge is 0.329 e. The normalized spacial score (nSPS) is 18.1. The summed E-state index contributed by atoms with van der Waals surface area (Å²) < 4.78 is 25.5. The Bertz CT molecular complexity index is 986. The number of ether oxygens (including phenoxy) is 2. The topological polar surface area (TPSA) is 68.7 Å². The van der Waals surface area contributed by atoms with Gasteiger partial charge in [-0.05, 0) is 60.2 Å². The highest BCUT2D eigenvalue weighted by molar-refractivity contribution is 5.68. The number of aliphatic carboxylic acids is 1. The minimum absolute atomic E-state index is 0.00441. The molecular formula is C23H20FNO4. The molecule has 6 heteroatoms. The number of nitrogens with zero attached hydrogens (tertiary/aromatic N) is 1. The molecule has 148 valence electrons. The molecule has 0 atom stereocenters. The summed E-state index contributed by atoms with van der Waals surface area (Å²) in [7, 11) is 0. The minimum atomic E-state index is -0.949. The molecule has 0 radical (unpaired) electrons. The predicted octanol–water partition coefficient (Wildman–Crippen LogP) is 5.03. The number of carboxylic acids is 1. The highest BCUT2D eigenvalue weighted by Crippen LogP contribution is 2.39. The fraction of sp³-hybridized carbons (Fsp3) is 0.217. The van der Waals surface area contributed by atoms with E-state index in [1.807, 2.05) is 24.3 Å². The number of carboxylic acid groups (broad SMARTS) is 1. The van der Waals surface area contributed by atoms with Crippen LogP contribution in [0.5, 0.6) is 11.5 Å². The molecule has 5 nitrogen and oxygen atoms in total. The van der Waals surface area contributed by atoms with E-state index in [0.717, 1.165) is 24.0 Å². The van der Waals surface area contributed by atoms with Crippen molar-refractivity contribution >= 4 is 5.97 Å². The summed E-state index contributed by atoms with van der Waals surface area (Å²) in [5, 5.41) is 8.66. The van der Waals surface area contributed by atoms with Crippen molar-refractivity contribution in [2.75, 3.05) is 6.61 Å². The molecule has 1 heterocycles. The van der Waals surface area contributed by atoms with Crippen molar-refractivity contribution in [1.29, 1.82) is 0 Å². The first-order chi connectivity index (χ1) is 14.1. The molecule has 0 bridgehead atoms. The number of rotatable bonds is 7. The van der Waals surface area contributed by atoms with Crippen molar-refractivity contribution in [2.45, 2.75) is 24.9 Å². The SMILES string of the molecule is O=C(O)CO[C@H]1C[C@@H](c2ccc(-c3cc(Oc4ccncc4)ccc3F)cc2)C1. The van der Waals surface area contributed by atoms with Crippen LogP contribution in [0.4, 0.5) is 4.39 Å². The van der Waals surface area contributed by atoms with Gasteiger partial charge in [-0.25, -0.2) is 9.18 Å². The first-order valence-electron chi connectivity index (χ1n) is 9.39. The Balaban J connectivity index is 1.44. The lowest BCUT2D eigenvalue weighted by molar-refractivity contribution is -0.146. The Morgan fingerprint density at radius 3 is 2.45 bits per heavy atom. The number of benzene rings is 2. The quantitative estimate of drug-likeness (QED) is 0.610. The molecule has 3 aromatic rings. The van der Waals surface area contributed by atoms with Crippen molar-refractivity contribution < 1.29 is 23.8 Å². The number of halogens is 1.